The van der Waals surface area contributed by atoms with Gasteiger partial charge in [-0.25, -0.2) is 5.06 Å². The van der Waals surface area contributed by atoms with E-state index in [1.165, 1.54) is 0 Å². The van der Waals surface area contributed by atoms with E-state index in [0.29, 0.717) is 10.1 Å². The zero-order valence-electron chi connectivity index (χ0n) is 8.67. The number of halogens is 1. The lowest BCUT2D eigenvalue weighted by Crippen LogP contribution is -2.25. The van der Waals surface area contributed by atoms with Crippen LogP contribution in [0, 0.1) is 0 Å². The quantitative estimate of drug-likeness (QED) is 0.446. The molecule has 0 aromatic heterocycles. The van der Waals surface area contributed by atoms with Crippen LogP contribution in [0.25, 0.3) is 0 Å². The summed E-state index contributed by atoms with van der Waals surface area (Å²) < 4.78 is 0. The van der Waals surface area contributed by atoms with Gasteiger partial charge in [0.1, 0.15) is 5.71 Å². The maximum absolute atomic E-state index is 11.3. The molecule has 92 valence electrons. The van der Waals surface area contributed by atoms with E-state index in [2.05, 4.69) is 5.16 Å². The molecule has 0 spiro atoms. The Hall–Kier alpha value is -1.63. The van der Waals surface area contributed by atoms with Gasteiger partial charge in [-0.15, -0.1) is 0 Å². The van der Waals surface area contributed by atoms with Crippen LogP contribution in [0.4, 0.5) is 0 Å². The first-order chi connectivity index (χ1) is 7.63. The Bertz CT molecular complexity index is 446. The lowest BCUT2D eigenvalue weighted by molar-refractivity contribution is -0.162. The number of benzene rings is 1. The Balaban J connectivity index is 0.00000144. The summed E-state index contributed by atoms with van der Waals surface area (Å²) in [6, 6.07) is 6.25. The van der Waals surface area contributed by atoms with Crippen LogP contribution in [0.1, 0.15) is 18.0 Å². The first-order valence-corrected chi connectivity index (χ1v) is 5.00. The Labute approximate surface area is 102 Å². The summed E-state index contributed by atoms with van der Waals surface area (Å²) in [5.41, 5.74) is 0.682. The molecule has 7 heteroatoms. The maximum Gasteiger partial charge on any atom is 0.295 e. The first kappa shape index (κ1) is 13.4. The van der Waals surface area contributed by atoms with E-state index in [1.807, 2.05) is 0 Å². The third kappa shape index (κ3) is 2.38. The summed E-state index contributed by atoms with van der Waals surface area (Å²) in [6.07, 6.45) is 0.174. The van der Waals surface area contributed by atoms with Gasteiger partial charge in [-0.2, -0.15) is 0 Å². The van der Waals surface area contributed by atoms with Crippen molar-refractivity contribution in [1.29, 1.82) is 0 Å². The van der Waals surface area contributed by atoms with Crippen molar-refractivity contribution in [2.24, 2.45) is 5.16 Å². The third-order valence-corrected chi connectivity index (χ3v) is 2.76. The van der Waals surface area contributed by atoms with Gasteiger partial charge in [0.15, 0.2) is 0 Å². The van der Waals surface area contributed by atoms with Crippen molar-refractivity contribution >= 4 is 23.2 Å². The van der Waals surface area contributed by atoms with Crippen LogP contribution in [0.3, 0.4) is 0 Å². The van der Waals surface area contributed by atoms with Gasteiger partial charge >= 0.3 is 0 Å². The minimum absolute atomic E-state index is 0. The molecule has 4 N–H and O–H groups in total. The first-order valence-electron chi connectivity index (χ1n) is 4.62. The molecule has 1 amide bonds. The summed E-state index contributed by atoms with van der Waals surface area (Å²) >= 11 is 5.73. The van der Waals surface area contributed by atoms with Crippen LogP contribution in [0.5, 0.6) is 0 Å². The van der Waals surface area contributed by atoms with Crippen molar-refractivity contribution in [2.75, 3.05) is 0 Å². The van der Waals surface area contributed by atoms with E-state index in [0.717, 1.165) is 5.56 Å². The SMILES string of the molecule is O.O=C1C(=NO)CC(c2ccc(Cl)cc2)N1O. The molecule has 0 radical (unpaired) electrons. The zero-order valence-corrected chi connectivity index (χ0v) is 9.42. The van der Waals surface area contributed by atoms with Crippen LogP contribution in [-0.2, 0) is 4.79 Å². The molecule has 1 saturated heterocycles. The molecule has 1 aromatic carbocycles. The molecule has 1 aromatic rings. The number of carbonyl (C=O) groups excluding carboxylic acids is 1. The number of hydrogen-bond donors (Lipinski definition) is 2. The Morgan fingerprint density at radius 3 is 2.41 bits per heavy atom. The molecule has 0 bridgehead atoms. The van der Waals surface area contributed by atoms with Gasteiger partial charge in [0, 0.05) is 11.4 Å². The second-order valence-corrected chi connectivity index (χ2v) is 3.90. The summed E-state index contributed by atoms with van der Waals surface area (Å²) in [4.78, 5) is 11.3. The molecule has 17 heavy (non-hydrogen) atoms. The molecule has 1 aliphatic heterocycles. The van der Waals surface area contributed by atoms with Crippen LogP contribution >= 0.6 is 11.6 Å². The van der Waals surface area contributed by atoms with Gasteiger partial charge in [0.25, 0.3) is 5.91 Å². The van der Waals surface area contributed by atoms with Crippen molar-refractivity contribution < 1.29 is 20.7 Å². The highest BCUT2D eigenvalue weighted by Gasteiger charge is 2.37. The van der Waals surface area contributed by atoms with Crippen molar-refractivity contribution in [2.45, 2.75) is 12.5 Å². The molecule has 1 fully saturated rings. The van der Waals surface area contributed by atoms with Gasteiger partial charge < -0.3 is 10.7 Å². The van der Waals surface area contributed by atoms with E-state index in [1.54, 1.807) is 24.3 Å². The van der Waals surface area contributed by atoms with Crippen molar-refractivity contribution in [3.8, 4) is 0 Å². The number of rotatable bonds is 1. The second kappa shape index (κ2) is 5.13. The number of hydrogen-bond acceptors (Lipinski definition) is 4. The van der Waals surface area contributed by atoms with E-state index < -0.39 is 11.9 Å². The fourth-order valence-corrected chi connectivity index (χ4v) is 1.78. The summed E-state index contributed by atoms with van der Waals surface area (Å²) in [7, 11) is 0. The molecule has 1 aliphatic rings. The number of oxime groups is 1. The minimum Gasteiger partial charge on any atom is -0.412 e. The number of nitrogens with zero attached hydrogens (tertiary/aromatic N) is 2. The monoisotopic (exact) mass is 258 g/mol. The highest BCUT2D eigenvalue weighted by atomic mass is 35.5. The Morgan fingerprint density at radius 2 is 1.94 bits per heavy atom. The molecule has 1 atom stereocenters. The average Bonchev–Trinajstić information content (AvgIpc) is 2.57. The Kier molecular flexibility index (Phi) is 4.06. The lowest BCUT2D eigenvalue weighted by atomic mass is 10.1. The number of hydroxylamine groups is 2. The predicted molar refractivity (Wildman–Crippen MR) is 60.3 cm³/mol. The van der Waals surface area contributed by atoms with Crippen LogP contribution < -0.4 is 0 Å². The topological polar surface area (TPSA) is 105 Å². The van der Waals surface area contributed by atoms with Crippen LogP contribution in [0.2, 0.25) is 5.02 Å². The largest absolute Gasteiger partial charge is 0.412 e. The normalized spacial score (nSPS) is 21.8. The summed E-state index contributed by atoms with van der Waals surface area (Å²) in [6.45, 7) is 0. The van der Waals surface area contributed by atoms with Crippen molar-refractivity contribution in [3.05, 3.63) is 34.9 Å². The smallest absolute Gasteiger partial charge is 0.295 e. The highest BCUT2D eigenvalue weighted by Crippen LogP contribution is 2.30. The zero-order chi connectivity index (χ0) is 11.7. The molecule has 1 unspecified atom stereocenters. The van der Waals surface area contributed by atoms with Gasteiger partial charge in [-0.3, -0.25) is 10.0 Å². The minimum atomic E-state index is -0.678. The lowest BCUT2D eigenvalue weighted by Gasteiger charge is -2.16. The third-order valence-electron chi connectivity index (χ3n) is 2.51. The molecule has 1 heterocycles. The average molecular weight is 259 g/mol. The predicted octanol–water partition coefficient (Wildman–Crippen LogP) is 1.01. The second-order valence-electron chi connectivity index (χ2n) is 3.47. The van der Waals surface area contributed by atoms with E-state index >= 15 is 0 Å². The van der Waals surface area contributed by atoms with E-state index in [-0.39, 0.29) is 17.6 Å². The number of carbonyl (C=O) groups is 1. The highest BCUT2D eigenvalue weighted by molar-refractivity contribution is 6.40. The van der Waals surface area contributed by atoms with Gasteiger partial charge in [0.2, 0.25) is 0 Å². The summed E-state index contributed by atoms with van der Waals surface area (Å²) in [5, 5.41) is 22.1. The fraction of sp³-hybridized carbons (Fsp3) is 0.200. The Morgan fingerprint density at radius 1 is 1.35 bits per heavy atom. The van der Waals surface area contributed by atoms with Gasteiger partial charge in [-0.1, -0.05) is 28.9 Å². The molecular weight excluding hydrogens is 248 g/mol. The van der Waals surface area contributed by atoms with Gasteiger partial charge in [0.05, 0.1) is 6.04 Å². The van der Waals surface area contributed by atoms with E-state index in [9.17, 15) is 10.0 Å². The number of amides is 1. The maximum atomic E-state index is 11.3. The van der Waals surface area contributed by atoms with Gasteiger partial charge in [-0.05, 0) is 17.7 Å². The summed E-state index contributed by atoms with van der Waals surface area (Å²) in [5.74, 6) is -0.678. The van der Waals surface area contributed by atoms with Crippen LogP contribution in [-0.4, -0.2) is 32.6 Å². The standard InChI is InChI=1S/C10H9ClN2O3.H2O/c11-7-3-1-6(2-4-7)9-5-8(12-15)10(14)13(9)16;/h1-4,9,15-16H,5H2;1H2. The molecule has 6 nitrogen and oxygen atoms in total. The molecular formula is C10H11ClN2O4. The molecule has 2 rings (SSSR count). The molecule has 0 aliphatic carbocycles. The fourth-order valence-electron chi connectivity index (χ4n) is 1.66. The molecule has 0 saturated carbocycles. The van der Waals surface area contributed by atoms with Crippen LogP contribution in [0.15, 0.2) is 29.4 Å². The van der Waals surface area contributed by atoms with Crippen molar-refractivity contribution in [3.63, 3.8) is 0 Å². The van der Waals surface area contributed by atoms with E-state index in [4.69, 9.17) is 16.8 Å². The van der Waals surface area contributed by atoms with Crippen molar-refractivity contribution in [1.82, 2.24) is 5.06 Å².